The van der Waals surface area contributed by atoms with Crippen molar-refractivity contribution in [2.24, 2.45) is 0 Å². The lowest BCUT2D eigenvalue weighted by molar-refractivity contribution is 0.553. The van der Waals surface area contributed by atoms with Crippen LogP contribution in [0, 0.1) is 4.64 Å². The molecule has 0 bridgehead atoms. The fraction of sp³-hybridized carbons (Fsp3) is 0.167. The zero-order valence-corrected chi connectivity index (χ0v) is 12.2. The van der Waals surface area contributed by atoms with Gasteiger partial charge in [0, 0.05) is 11.2 Å². The summed E-state index contributed by atoms with van der Waals surface area (Å²) in [5.74, 6) is 0.515. The minimum absolute atomic E-state index is 0.515. The van der Waals surface area contributed by atoms with Crippen LogP contribution in [0.2, 0.25) is 5.02 Å². The standard InChI is InChI=1S/C12H11ClN6S/c1-2-18-16-11(15-17-18)10-7-14-19(12(10)20)9-5-3-8(13)4-6-9/h3-7,14H,2H2,1H3. The van der Waals surface area contributed by atoms with Gasteiger partial charge in [0.25, 0.3) is 0 Å². The van der Waals surface area contributed by atoms with Gasteiger partial charge in [-0.05, 0) is 36.4 Å². The van der Waals surface area contributed by atoms with E-state index < -0.39 is 0 Å². The Morgan fingerprint density at radius 1 is 1.30 bits per heavy atom. The Labute approximate surface area is 125 Å². The molecule has 20 heavy (non-hydrogen) atoms. The van der Waals surface area contributed by atoms with Gasteiger partial charge < -0.3 is 0 Å². The van der Waals surface area contributed by atoms with Crippen LogP contribution in [0.1, 0.15) is 6.92 Å². The van der Waals surface area contributed by atoms with Gasteiger partial charge >= 0.3 is 0 Å². The third kappa shape index (κ3) is 2.25. The second-order valence-corrected chi connectivity index (χ2v) is 4.93. The highest BCUT2D eigenvalue weighted by Crippen LogP contribution is 2.19. The molecule has 2 heterocycles. The first-order valence-corrected chi connectivity index (χ1v) is 6.82. The predicted molar refractivity (Wildman–Crippen MR) is 78.4 cm³/mol. The average Bonchev–Trinajstić information content (AvgIpc) is 3.06. The van der Waals surface area contributed by atoms with Crippen molar-refractivity contribution in [1.29, 1.82) is 0 Å². The molecule has 0 amide bonds. The number of hydrogen-bond donors (Lipinski definition) is 1. The Morgan fingerprint density at radius 2 is 2.05 bits per heavy atom. The molecular weight excluding hydrogens is 296 g/mol. The van der Waals surface area contributed by atoms with Crippen LogP contribution in [-0.4, -0.2) is 30.0 Å². The van der Waals surface area contributed by atoms with Crippen molar-refractivity contribution in [3.8, 4) is 17.1 Å². The lowest BCUT2D eigenvalue weighted by Gasteiger charge is -2.01. The monoisotopic (exact) mass is 306 g/mol. The van der Waals surface area contributed by atoms with Gasteiger partial charge in [0.05, 0.1) is 17.8 Å². The average molecular weight is 307 g/mol. The van der Waals surface area contributed by atoms with Crippen LogP contribution in [-0.2, 0) is 6.54 Å². The van der Waals surface area contributed by atoms with Crippen LogP contribution in [0.4, 0.5) is 0 Å². The topological polar surface area (TPSA) is 64.3 Å². The predicted octanol–water partition coefficient (Wildman–Crippen LogP) is 2.86. The molecule has 102 valence electrons. The molecule has 0 saturated heterocycles. The number of halogens is 1. The van der Waals surface area contributed by atoms with Crippen molar-refractivity contribution < 1.29 is 0 Å². The minimum Gasteiger partial charge on any atom is -0.299 e. The molecule has 1 aromatic carbocycles. The van der Waals surface area contributed by atoms with E-state index in [4.69, 9.17) is 23.8 Å². The summed E-state index contributed by atoms with van der Waals surface area (Å²) in [6, 6.07) is 7.39. The second kappa shape index (κ2) is 5.18. The maximum absolute atomic E-state index is 5.88. The van der Waals surface area contributed by atoms with Crippen LogP contribution in [0.3, 0.4) is 0 Å². The Morgan fingerprint density at radius 3 is 2.70 bits per heavy atom. The summed E-state index contributed by atoms with van der Waals surface area (Å²) >= 11 is 11.3. The third-order valence-electron chi connectivity index (χ3n) is 2.83. The zero-order valence-electron chi connectivity index (χ0n) is 10.6. The molecule has 0 saturated carbocycles. The molecule has 0 spiro atoms. The van der Waals surface area contributed by atoms with Crippen molar-refractivity contribution in [1.82, 2.24) is 30.0 Å². The Balaban J connectivity index is 2.04. The number of nitrogens with zero attached hydrogens (tertiary/aromatic N) is 5. The van der Waals surface area contributed by atoms with E-state index >= 15 is 0 Å². The first-order chi connectivity index (χ1) is 9.69. The smallest absolute Gasteiger partial charge is 0.209 e. The van der Waals surface area contributed by atoms with Gasteiger partial charge in [0.15, 0.2) is 0 Å². The summed E-state index contributed by atoms with van der Waals surface area (Å²) in [6.45, 7) is 2.62. The molecular formula is C12H11ClN6S. The van der Waals surface area contributed by atoms with E-state index in [1.165, 1.54) is 4.80 Å². The number of rotatable bonds is 3. The van der Waals surface area contributed by atoms with Crippen molar-refractivity contribution in [2.75, 3.05) is 0 Å². The molecule has 8 heteroatoms. The zero-order chi connectivity index (χ0) is 14.1. The molecule has 0 atom stereocenters. The first kappa shape index (κ1) is 13.0. The number of aryl methyl sites for hydroxylation is 1. The Bertz CT molecular complexity index is 785. The molecule has 0 aliphatic heterocycles. The summed E-state index contributed by atoms with van der Waals surface area (Å²) < 4.78 is 2.37. The molecule has 0 aliphatic carbocycles. The number of benzene rings is 1. The number of tetrazole rings is 1. The number of aromatic amines is 1. The highest BCUT2D eigenvalue weighted by Gasteiger charge is 2.11. The van der Waals surface area contributed by atoms with Crippen LogP contribution in [0.5, 0.6) is 0 Å². The van der Waals surface area contributed by atoms with E-state index in [1.54, 1.807) is 10.9 Å². The normalized spacial score (nSPS) is 10.9. The molecule has 2 aromatic heterocycles. The lowest BCUT2D eigenvalue weighted by Crippen LogP contribution is -1.98. The van der Waals surface area contributed by atoms with E-state index in [-0.39, 0.29) is 0 Å². The van der Waals surface area contributed by atoms with Crippen molar-refractivity contribution in [3.63, 3.8) is 0 Å². The molecule has 3 aromatic rings. The van der Waals surface area contributed by atoms with Crippen LogP contribution in [0.15, 0.2) is 30.5 Å². The minimum atomic E-state index is 0.515. The molecule has 0 aliphatic rings. The first-order valence-electron chi connectivity index (χ1n) is 6.03. The van der Waals surface area contributed by atoms with Crippen molar-refractivity contribution in [2.45, 2.75) is 13.5 Å². The quantitative estimate of drug-likeness (QED) is 0.756. The summed E-state index contributed by atoms with van der Waals surface area (Å²) in [6.07, 6.45) is 1.77. The largest absolute Gasteiger partial charge is 0.299 e. The molecule has 6 nitrogen and oxygen atoms in total. The van der Waals surface area contributed by atoms with Gasteiger partial charge in [-0.15, -0.1) is 10.2 Å². The number of hydrogen-bond acceptors (Lipinski definition) is 4. The van der Waals surface area contributed by atoms with E-state index in [1.807, 2.05) is 31.2 Å². The van der Waals surface area contributed by atoms with Gasteiger partial charge in [0.1, 0.15) is 4.64 Å². The van der Waals surface area contributed by atoms with E-state index in [9.17, 15) is 0 Å². The number of aromatic nitrogens is 6. The fourth-order valence-electron chi connectivity index (χ4n) is 1.80. The summed E-state index contributed by atoms with van der Waals surface area (Å²) in [5.41, 5.74) is 1.64. The summed E-state index contributed by atoms with van der Waals surface area (Å²) in [7, 11) is 0. The maximum Gasteiger partial charge on any atom is 0.209 e. The maximum atomic E-state index is 5.88. The van der Waals surface area contributed by atoms with Crippen molar-refractivity contribution >= 4 is 23.8 Å². The SMILES string of the molecule is CCn1nnc(-c2c[nH]n(-c3ccc(Cl)cc3)c2=S)n1. The van der Waals surface area contributed by atoms with Gasteiger partial charge in [0.2, 0.25) is 5.82 Å². The number of nitrogens with one attached hydrogen (secondary N) is 1. The van der Waals surface area contributed by atoms with Gasteiger partial charge in [-0.2, -0.15) is 4.80 Å². The van der Waals surface area contributed by atoms with E-state index in [0.29, 0.717) is 22.0 Å². The Kier molecular flexibility index (Phi) is 3.37. The van der Waals surface area contributed by atoms with E-state index in [2.05, 4.69) is 20.5 Å². The van der Waals surface area contributed by atoms with Gasteiger partial charge in [-0.1, -0.05) is 23.8 Å². The Hall–Kier alpha value is -1.99. The molecule has 0 radical (unpaired) electrons. The van der Waals surface area contributed by atoms with Crippen LogP contribution < -0.4 is 0 Å². The molecule has 3 rings (SSSR count). The number of H-pyrrole nitrogens is 1. The van der Waals surface area contributed by atoms with Gasteiger partial charge in [-0.25, -0.2) is 4.68 Å². The molecule has 0 unspecified atom stereocenters. The highest BCUT2D eigenvalue weighted by molar-refractivity contribution is 7.71. The van der Waals surface area contributed by atoms with Gasteiger partial charge in [-0.3, -0.25) is 5.10 Å². The van der Waals surface area contributed by atoms with Crippen molar-refractivity contribution in [3.05, 3.63) is 40.1 Å². The molecule has 0 fully saturated rings. The van der Waals surface area contributed by atoms with E-state index in [0.717, 1.165) is 11.3 Å². The van der Waals surface area contributed by atoms with Crippen LogP contribution in [0.25, 0.3) is 17.1 Å². The van der Waals surface area contributed by atoms with Crippen LogP contribution >= 0.6 is 23.8 Å². The summed E-state index contributed by atoms with van der Waals surface area (Å²) in [4.78, 5) is 1.52. The third-order valence-corrected chi connectivity index (χ3v) is 3.49. The summed E-state index contributed by atoms with van der Waals surface area (Å²) in [5, 5.41) is 16.0. The fourth-order valence-corrected chi connectivity index (χ4v) is 2.23. The highest BCUT2D eigenvalue weighted by atomic mass is 35.5. The lowest BCUT2D eigenvalue weighted by atomic mass is 10.3. The second-order valence-electron chi connectivity index (χ2n) is 4.11. The molecule has 1 N–H and O–H groups in total.